The first-order valence-corrected chi connectivity index (χ1v) is 10.3. The van der Waals surface area contributed by atoms with Gasteiger partial charge in [-0.15, -0.1) is 0 Å². The summed E-state index contributed by atoms with van der Waals surface area (Å²) in [6.45, 7) is 0. The van der Waals surface area contributed by atoms with Crippen molar-refractivity contribution in [1.82, 2.24) is 0 Å². The second kappa shape index (κ2) is 8.10. The summed E-state index contributed by atoms with van der Waals surface area (Å²) in [5, 5.41) is 2.97. The highest BCUT2D eigenvalue weighted by Crippen LogP contribution is 2.47. The topological polar surface area (TPSA) is 26.3 Å². The average Bonchev–Trinajstić information content (AvgIpc) is 2.84. The van der Waals surface area contributed by atoms with Crippen molar-refractivity contribution >= 4 is 27.5 Å². The maximum Gasteiger partial charge on any atom is 0.491 e. The van der Waals surface area contributed by atoms with Crippen molar-refractivity contribution in [3.05, 3.63) is 103 Å². The predicted molar refractivity (Wildman–Crippen MR) is 124 cm³/mol. The third-order valence-corrected chi connectivity index (χ3v) is 5.57. The van der Waals surface area contributed by atoms with Crippen LogP contribution in [0, 0.1) is 0 Å². The molecule has 0 fully saturated rings. The molecule has 0 N–H and O–H groups in total. The highest BCUT2D eigenvalue weighted by atomic mass is 19.4. The van der Waals surface area contributed by atoms with E-state index in [1.165, 1.54) is 6.07 Å². The monoisotopic (exact) mass is 442 g/mol. The van der Waals surface area contributed by atoms with Crippen LogP contribution in [0.4, 0.5) is 13.2 Å². The Balaban J connectivity index is 1.98. The van der Waals surface area contributed by atoms with E-state index in [1.807, 2.05) is 91.0 Å². The minimum Gasteiger partial charge on any atom is -0.419 e. The number of halogens is 3. The molecule has 0 radical (unpaired) electrons. The maximum absolute atomic E-state index is 13.1. The first kappa shape index (κ1) is 20.8. The molecule has 5 heteroatoms. The molecule has 0 atom stereocenters. The molecule has 0 aliphatic rings. The van der Waals surface area contributed by atoms with Crippen molar-refractivity contribution in [1.29, 1.82) is 0 Å². The summed E-state index contributed by atoms with van der Waals surface area (Å²) in [7, 11) is 0. The molecule has 5 aromatic carbocycles. The van der Waals surface area contributed by atoms with Crippen LogP contribution in [0.1, 0.15) is 0 Å². The van der Waals surface area contributed by atoms with Crippen LogP contribution in [0.2, 0.25) is 0 Å². The summed E-state index contributed by atoms with van der Waals surface area (Å²) >= 11 is 0. The first-order chi connectivity index (χ1) is 15.9. The number of hydrogen-bond donors (Lipinski definition) is 0. The zero-order valence-corrected chi connectivity index (χ0v) is 17.3. The lowest BCUT2D eigenvalue weighted by Crippen LogP contribution is -2.28. The number of benzene rings is 5. The van der Waals surface area contributed by atoms with Crippen molar-refractivity contribution in [2.24, 2.45) is 0 Å². The van der Waals surface area contributed by atoms with Crippen molar-refractivity contribution in [2.45, 2.75) is 6.18 Å². The number of carbonyl (C=O) groups is 1. The predicted octanol–water partition coefficient (Wildman–Crippen LogP) is 7.79. The SMILES string of the molecule is O=C(Oc1cccc2c1c(-c1ccccc1)c(-c1ccccc1)c1ccccc12)C(F)(F)F. The Labute approximate surface area is 187 Å². The fourth-order valence-electron chi connectivity index (χ4n) is 4.25. The fraction of sp³-hybridized carbons (Fsp3) is 0.0357. The molecule has 0 bridgehead atoms. The molecule has 0 heterocycles. The number of carbonyl (C=O) groups excluding carboxylic acids is 1. The third-order valence-electron chi connectivity index (χ3n) is 5.57. The number of hydrogen-bond acceptors (Lipinski definition) is 2. The Hall–Kier alpha value is -4.12. The fourth-order valence-corrected chi connectivity index (χ4v) is 4.25. The lowest BCUT2D eigenvalue weighted by atomic mass is 9.84. The Kier molecular flexibility index (Phi) is 5.09. The first-order valence-electron chi connectivity index (χ1n) is 10.3. The van der Waals surface area contributed by atoms with Crippen LogP contribution in [0.25, 0.3) is 43.8 Å². The van der Waals surface area contributed by atoms with E-state index < -0.39 is 12.1 Å². The van der Waals surface area contributed by atoms with Crippen molar-refractivity contribution in [2.75, 3.05) is 0 Å². The van der Waals surface area contributed by atoms with E-state index in [0.29, 0.717) is 16.3 Å². The summed E-state index contributed by atoms with van der Waals surface area (Å²) in [5.74, 6) is -2.37. The molecule has 5 aromatic rings. The average molecular weight is 442 g/mol. The van der Waals surface area contributed by atoms with Crippen LogP contribution >= 0.6 is 0 Å². The minimum atomic E-state index is -5.10. The molecule has 0 amide bonds. The number of esters is 1. The molecule has 0 saturated heterocycles. The highest BCUT2D eigenvalue weighted by Gasteiger charge is 2.41. The molecular formula is C28H17F3O2. The second-order valence-electron chi connectivity index (χ2n) is 7.59. The lowest BCUT2D eigenvalue weighted by molar-refractivity contribution is -0.189. The molecular weight excluding hydrogens is 425 g/mol. The zero-order valence-electron chi connectivity index (χ0n) is 17.3. The standard InChI is InChI=1S/C28H17F3O2/c29-28(30,31)27(32)33-23-17-9-16-22-20-14-7-8-15-21(20)24(18-10-3-1-4-11-18)25(26(22)23)19-12-5-2-6-13-19/h1-17H. The van der Waals surface area contributed by atoms with E-state index in [1.54, 1.807) is 6.07 Å². The van der Waals surface area contributed by atoms with Crippen molar-refractivity contribution in [3.63, 3.8) is 0 Å². The normalized spacial score (nSPS) is 11.6. The molecule has 0 unspecified atom stereocenters. The molecule has 0 aromatic heterocycles. The summed E-state index contributed by atoms with van der Waals surface area (Å²) in [6, 6.07) is 31.7. The van der Waals surface area contributed by atoms with E-state index in [0.717, 1.165) is 27.5 Å². The van der Waals surface area contributed by atoms with Crippen LogP contribution in [-0.2, 0) is 4.79 Å². The number of ether oxygens (including phenoxy) is 1. The largest absolute Gasteiger partial charge is 0.491 e. The van der Waals surface area contributed by atoms with Gasteiger partial charge in [-0.25, -0.2) is 4.79 Å². The van der Waals surface area contributed by atoms with Gasteiger partial charge in [-0.3, -0.25) is 0 Å². The summed E-state index contributed by atoms with van der Waals surface area (Å²) in [5.41, 5.74) is 3.29. The molecule has 2 nitrogen and oxygen atoms in total. The van der Waals surface area contributed by atoms with Crippen LogP contribution in [0.3, 0.4) is 0 Å². The Morgan fingerprint density at radius 2 is 1.09 bits per heavy atom. The van der Waals surface area contributed by atoms with Crippen LogP contribution < -0.4 is 4.74 Å². The van der Waals surface area contributed by atoms with Gasteiger partial charge in [-0.1, -0.05) is 97.1 Å². The van der Waals surface area contributed by atoms with Gasteiger partial charge in [-0.2, -0.15) is 13.2 Å². The van der Waals surface area contributed by atoms with E-state index in [-0.39, 0.29) is 5.75 Å². The van der Waals surface area contributed by atoms with Gasteiger partial charge >= 0.3 is 12.1 Å². The van der Waals surface area contributed by atoms with Gasteiger partial charge in [0.25, 0.3) is 0 Å². The van der Waals surface area contributed by atoms with Gasteiger partial charge in [0.05, 0.1) is 0 Å². The number of fused-ring (bicyclic) bond motifs is 3. The van der Waals surface area contributed by atoms with Crippen LogP contribution in [0.15, 0.2) is 103 Å². The Morgan fingerprint density at radius 1 is 0.576 bits per heavy atom. The summed E-state index contributed by atoms with van der Waals surface area (Å²) in [6.07, 6.45) is -5.10. The number of alkyl halides is 3. The Morgan fingerprint density at radius 3 is 1.70 bits per heavy atom. The van der Waals surface area contributed by atoms with Gasteiger partial charge in [-0.05, 0) is 38.9 Å². The quantitative estimate of drug-likeness (QED) is 0.162. The summed E-state index contributed by atoms with van der Waals surface area (Å²) < 4.78 is 44.2. The lowest BCUT2D eigenvalue weighted by Gasteiger charge is -2.20. The molecule has 0 aliphatic carbocycles. The highest BCUT2D eigenvalue weighted by molar-refractivity contribution is 6.23. The van der Waals surface area contributed by atoms with Crippen LogP contribution in [0.5, 0.6) is 5.75 Å². The van der Waals surface area contributed by atoms with E-state index in [9.17, 15) is 18.0 Å². The van der Waals surface area contributed by atoms with Crippen LogP contribution in [-0.4, -0.2) is 12.1 Å². The maximum atomic E-state index is 13.1. The molecule has 162 valence electrons. The molecule has 5 rings (SSSR count). The molecule has 0 aliphatic heterocycles. The second-order valence-corrected chi connectivity index (χ2v) is 7.59. The van der Waals surface area contributed by atoms with E-state index in [4.69, 9.17) is 4.74 Å². The molecule has 0 saturated carbocycles. The van der Waals surface area contributed by atoms with Crippen molar-refractivity contribution in [3.8, 4) is 28.0 Å². The van der Waals surface area contributed by atoms with Gasteiger partial charge in [0.2, 0.25) is 0 Å². The third kappa shape index (κ3) is 3.72. The van der Waals surface area contributed by atoms with Gasteiger partial charge in [0, 0.05) is 10.9 Å². The van der Waals surface area contributed by atoms with Gasteiger partial charge in [0.1, 0.15) is 5.75 Å². The Bertz CT molecular complexity index is 1470. The van der Waals surface area contributed by atoms with E-state index >= 15 is 0 Å². The molecule has 0 spiro atoms. The molecule has 33 heavy (non-hydrogen) atoms. The summed E-state index contributed by atoms with van der Waals surface area (Å²) in [4.78, 5) is 11.8. The van der Waals surface area contributed by atoms with Gasteiger partial charge in [0.15, 0.2) is 0 Å². The zero-order chi connectivity index (χ0) is 23.0. The smallest absolute Gasteiger partial charge is 0.419 e. The van der Waals surface area contributed by atoms with Gasteiger partial charge < -0.3 is 4.74 Å². The number of rotatable bonds is 3. The minimum absolute atomic E-state index is 0.128. The van der Waals surface area contributed by atoms with E-state index in [2.05, 4.69) is 0 Å². The van der Waals surface area contributed by atoms with Crippen molar-refractivity contribution < 1.29 is 22.7 Å².